The molecule has 0 bridgehead atoms. The van der Waals surface area contributed by atoms with Crippen LogP contribution in [0.5, 0.6) is 0 Å². The molecule has 1 heterocycles. The molecule has 68 valence electrons. The van der Waals surface area contributed by atoms with Gasteiger partial charge >= 0.3 is 0 Å². The van der Waals surface area contributed by atoms with Crippen molar-refractivity contribution in [3.63, 3.8) is 0 Å². The zero-order valence-corrected chi connectivity index (χ0v) is 8.82. The maximum atomic E-state index is 5.96. The standard InChI is InChI=1S/C10H17NS/c1-4-9(11)8(3)10-6-5-7(2)12-10/h5-6,8-9H,4,11H2,1-3H3. The van der Waals surface area contributed by atoms with Crippen LogP contribution >= 0.6 is 11.3 Å². The Morgan fingerprint density at radius 1 is 1.50 bits per heavy atom. The molecule has 0 fully saturated rings. The molecule has 2 N–H and O–H groups in total. The first-order valence-corrected chi connectivity index (χ1v) is 5.28. The number of nitrogens with two attached hydrogens (primary N) is 1. The summed E-state index contributed by atoms with van der Waals surface area (Å²) in [6.07, 6.45) is 1.05. The molecule has 0 radical (unpaired) electrons. The molecule has 12 heavy (non-hydrogen) atoms. The van der Waals surface area contributed by atoms with Gasteiger partial charge in [0.25, 0.3) is 0 Å². The predicted octanol–water partition coefficient (Wildman–Crippen LogP) is 2.90. The summed E-state index contributed by atoms with van der Waals surface area (Å²) in [7, 11) is 0. The van der Waals surface area contributed by atoms with E-state index in [0.29, 0.717) is 12.0 Å². The van der Waals surface area contributed by atoms with Crippen molar-refractivity contribution in [3.8, 4) is 0 Å². The average Bonchev–Trinajstić information content (AvgIpc) is 2.49. The zero-order chi connectivity index (χ0) is 9.14. The van der Waals surface area contributed by atoms with Crippen molar-refractivity contribution in [2.24, 2.45) is 5.73 Å². The summed E-state index contributed by atoms with van der Waals surface area (Å²) in [5.41, 5.74) is 5.96. The van der Waals surface area contributed by atoms with Gasteiger partial charge in [-0.3, -0.25) is 0 Å². The van der Waals surface area contributed by atoms with Gasteiger partial charge in [-0.25, -0.2) is 0 Å². The van der Waals surface area contributed by atoms with Gasteiger partial charge in [-0.2, -0.15) is 0 Å². The summed E-state index contributed by atoms with van der Waals surface area (Å²) in [4.78, 5) is 2.79. The van der Waals surface area contributed by atoms with E-state index >= 15 is 0 Å². The first kappa shape index (κ1) is 9.75. The molecular formula is C10H17NS. The summed E-state index contributed by atoms with van der Waals surface area (Å²) in [6, 6.07) is 4.67. The van der Waals surface area contributed by atoms with E-state index in [1.807, 2.05) is 11.3 Å². The minimum atomic E-state index is 0.308. The van der Waals surface area contributed by atoms with Crippen LogP contribution in [0.2, 0.25) is 0 Å². The molecule has 0 amide bonds. The molecule has 1 aromatic rings. The Bertz CT molecular complexity index is 242. The number of rotatable bonds is 3. The Morgan fingerprint density at radius 2 is 2.17 bits per heavy atom. The number of hydrogen-bond acceptors (Lipinski definition) is 2. The zero-order valence-electron chi connectivity index (χ0n) is 8.00. The molecule has 0 saturated carbocycles. The van der Waals surface area contributed by atoms with Crippen LogP contribution < -0.4 is 5.73 Å². The monoisotopic (exact) mass is 183 g/mol. The Kier molecular flexibility index (Phi) is 3.29. The highest BCUT2D eigenvalue weighted by Gasteiger charge is 2.13. The second kappa shape index (κ2) is 4.06. The van der Waals surface area contributed by atoms with Gasteiger partial charge in [0.2, 0.25) is 0 Å². The number of thiophene rings is 1. The van der Waals surface area contributed by atoms with Crippen LogP contribution in [0.3, 0.4) is 0 Å². The minimum absolute atomic E-state index is 0.308. The van der Waals surface area contributed by atoms with Crippen molar-refractivity contribution in [1.29, 1.82) is 0 Å². The highest BCUT2D eigenvalue weighted by molar-refractivity contribution is 7.12. The Balaban J connectivity index is 2.70. The van der Waals surface area contributed by atoms with E-state index in [0.717, 1.165) is 6.42 Å². The van der Waals surface area contributed by atoms with Crippen molar-refractivity contribution < 1.29 is 0 Å². The topological polar surface area (TPSA) is 26.0 Å². The fourth-order valence-electron chi connectivity index (χ4n) is 1.26. The van der Waals surface area contributed by atoms with Crippen molar-refractivity contribution in [3.05, 3.63) is 21.9 Å². The highest BCUT2D eigenvalue weighted by atomic mass is 32.1. The molecule has 2 heteroatoms. The third kappa shape index (κ3) is 2.08. The normalized spacial score (nSPS) is 16.0. The lowest BCUT2D eigenvalue weighted by Gasteiger charge is -2.16. The molecule has 1 aromatic heterocycles. The van der Waals surface area contributed by atoms with E-state index in [1.165, 1.54) is 9.75 Å². The van der Waals surface area contributed by atoms with Crippen molar-refractivity contribution >= 4 is 11.3 Å². The van der Waals surface area contributed by atoms with Gasteiger partial charge in [0.15, 0.2) is 0 Å². The molecule has 0 aliphatic carbocycles. The predicted molar refractivity (Wildman–Crippen MR) is 55.7 cm³/mol. The van der Waals surface area contributed by atoms with Crippen LogP contribution in [0, 0.1) is 6.92 Å². The second-order valence-electron chi connectivity index (χ2n) is 3.31. The van der Waals surface area contributed by atoms with E-state index < -0.39 is 0 Å². The van der Waals surface area contributed by atoms with Gasteiger partial charge in [-0.05, 0) is 25.5 Å². The third-order valence-electron chi connectivity index (χ3n) is 2.32. The van der Waals surface area contributed by atoms with E-state index in [9.17, 15) is 0 Å². The summed E-state index contributed by atoms with van der Waals surface area (Å²) in [5.74, 6) is 0.508. The summed E-state index contributed by atoms with van der Waals surface area (Å²) in [5, 5.41) is 0. The van der Waals surface area contributed by atoms with Gasteiger partial charge < -0.3 is 5.73 Å². The van der Waals surface area contributed by atoms with Gasteiger partial charge in [0.1, 0.15) is 0 Å². The second-order valence-corrected chi connectivity index (χ2v) is 4.63. The summed E-state index contributed by atoms with van der Waals surface area (Å²) < 4.78 is 0. The van der Waals surface area contributed by atoms with Gasteiger partial charge in [0, 0.05) is 21.7 Å². The molecule has 0 aliphatic rings. The van der Waals surface area contributed by atoms with E-state index in [-0.39, 0.29) is 0 Å². The lowest BCUT2D eigenvalue weighted by molar-refractivity contribution is 0.558. The van der Waals surface area contributed by atoms with Crippen LogP contribution in [0.25, 0.3) is 0 Å². The highest BCUT2D eigenvalue weighted by Crippen LogP contribution is 2.26. The Labute approximate surface area is 78.6 Å². The van der Waals surface area contributed by atoms with Crippen molar-refractivity contribution in [2.45, 2.75) is 39.2 Å². The average molecular weight is 183 g/mol. The molecule has 2 atom stereocenters. The smallest absolute Gasteiger partial charge is 0.0110 e. The van der Waals surface area contributed by atoms with Crippen LogP contribution in [-0.4, -0.2) is 6.04 Å². The Hall–Kier alpha value is -0.340. The largest absolute Gasteiger partial charge is 0.327 e. The molecule has 0 spiro atoms. The van der Waals surface area contributed by atoms with E-state index in [4.69, 9.17) is 5.73 Å². The molecule has 0 aliphatic heterocycles. The molecule has 0 aromatic carbocycles. The fraction of sp³-hybridized carbons (Fsp3) is 0.600. The third-order valence-corrected chi connectivity index (χ3v) is 3.53. The van der Waals surface area contributed by atoms with Crippen LogP contribution in [0.1, 0.15) is 35.9 Å². The SMILES string of the molecule is CCC(N)C(C)c1ccc(C)s1. The first-order chi connectivity index (χ1) is 5.65. The molecular weight excluding hydrogens is 166 g/mol. The van der Waals surface area contributed by atoms with Gasteiger partial charge in [0.05, 0.1) is 0 Å². The minimum Gasteiger partial charge on any atom is -0.327 e. The van der Waals surface area contributed by atoms with Crippen LogP contribution in [0.4, 0.5) is 0 Å². The lowest BCUT2D eigenvalue weighted by atomic mass is 9.99. The quantitative estimate of drug-likeness (QED) is 0.766. The summed E-state index contributed by atoms with van der Waals surface area (Å²) in [6.45, 7) is 6.49. The number of aryl methyl sites for hydroxylation is 1. The molecule has 0 saturated heterocycles. The number of hydrogen-bond donors (Lipinski definition) is 1. The first-order valence-electron chi connectivity index (χ1n) is 4.47. The van der Waals surface area contributed by atoms with E-state index in [1.54, 1.807) is 0 Å². The lowest BCUT2D eigenvalue weighted by Crippen LogP contribution is -2.24. The van der Waals surface area contributed by atoms with Crippen molar-refractivity contribution in [2.75, 3.05) is 0 Å². The van der Waals surface area contributed by atoms with Gasteiger partial charge in [-0.15, -0.1) is 11.3 Å². The van der Waals surface area contributed by atoms with Crippen molar-refractivity contribution in [1.82, 2.24) is 0 Å². The summed E-state index contributed by atoms with van der Waals surface area (Å²) >= 11 is 1.86. The maximum Gasteiger partial charge on any atom is 0.0110 e. The van der Waals surface area contributed by atoms with Crippen LogP contribution in [-0.2, 0) is 0 Å². The molecule has 1 rings (SSSR count). The van der Waals surface area contributed by atoms with Gasteiger partial charge in [-0.1, -0.05) is 13.8 Å². The van der Waals surface area contributed by atoms with E-state index in [2.05, 4.69) is 32.9 Å². The van der Waals surface area contributed by atoms with Crippen LogP contribution in [0.15, 0.2) is 12.1 Å². The maximum absolute atomic E-state index is 5.96. The Morgan fingerprint density at radius 3 is 2.58 bits per heavy atom. The molecule has 2 unspecified atom stereocenters. The fourth-order valence-corrected chi connectivity index (χ4v) is 2.27. The molecule has 1 nitrogen and oxygen atoms in total.